The van der Waals surface area contributed by atoms with Crippen LogP contribution in [0.1, 0.15) is 24.2 Å². The first-order valence-corrected chi connectivity index (χ1v) is 7.41. The zero-order valence-corrected chi connectivity index (χ0v) is 13.1. The highest BCUT2D eigenvalue weighted by Crippen LogP contribution is 2.24. The molecule has 5 heteroatoms. The molecule has 0 unspecified atom stereocenters. The van der Waals surface area contributed by atoms with E-state index in [0.29, 0.717) is 10.6 Å². The number of hydrogen-bond donors (Lipinski definition) is 4. The zero-order valence-electron chi connectivity index (χ0n) is 12.3. The van der Waals surface area contributed by atoms with Gasteiger partial charge in [-0.2, -0.15) is 0 Å². The average Bonchev–Trinajstić information content (AvgIpc) is 2.53. The molecule has 0 spiro atoms. The van der Waals surface area contributed by atoms with Crippen molar-refractivity contribution < 1.29 is 15.3 Å². The van der Waals surface area contributed by atoms with Crippen LogP contribution in [0.4, 0.5) is 0 Å². The minimum Gasteiger partial charge on any atom is -0.508 e. The van der Waals surface area contributed by atoms with Gasteiger partial charge in [0.1, 0.15) is 5.75 Å². The van der Waals surface area contributed by atoms with E-state index in [9.17, 15) is 15.3 Å². The SMILES string of the molecule is C[C@](CO)(NC[C@@H](O)c1cccc(Cl)c1)c1ccc(O)cc1. The van der Waals surface area contributed by atoms with Crippen molar-refractivity contribution >= 4 is 11.6 Å². The van der Waals surface area contributed by atoms with Gasteiger partial charge in [0.05, 0.1) is 18.2 Å². The van der Waals surface area contributed by atoms with Crippen molar-refractivity contribution in [1.82, 2.24) is 5.32 Å². The lowest BCUT2D eigenvalue weighted by atomic mass is 9.92. The number of aliphatic hydroxyl groups excluding tert-OH is 2. The van der Waals surface area contributed by atoms with Gasteiger partial charge < -0.3 is 20.6 Å². The second-order valence-electron chi connectivity index (χ2n) is 5.49. The molecule has 0 radical (unpaired) electrons. The van der Waals surface area contributed by atoms with Gasteiger partial charge in [-0.05, 0) is 42.3 Å². The van der Waals surface area contributed by atoms with Gasteiger partial charge in [-0.1, -0.05) is 35.9 Å². The van der Waals surface area contributed by atoms with Crippen LogP contribution in [-0.2, 0) is 5.54 Å². The Labute approximate surface area is 135 Å². The topological polar surface area (TPSA) is 72.7 Å². The third kappa shape index (κ3) is 3.99. The van der Waals surface area contributed by atoms with E-state index < -0.39 is 11.6 Å². The first-order valence-electron chi connectivity index (χ1n) is 7.03. The number of aliphatic hydroxyl groups is 2. The molecule has 4 nitrogen and oxygen atoms in total. The summed E-state index contributed by atoms with van der Waals surface area (Å²) in [6.45, 7) is 1.96. The molecular formula is C17H20ClNO3. The number of nitrogens with one attached hydrogen (secondary N) is 1. The third-order valence-electron chi connectivity index (χ3n) is 3.74. The number of rotatable bonds is 6. The van der Waals surface area contributed by atoms with E-state index in [0.717, 1.165) is 5.56 Å². The first kappa shape index (κ1) is 16.8. The van der Waals surface area contributed by atoms with Crippen LogP contribution in [0.25, 0.3) is 0 Å². The quantitative estimate of drug-likeness (QED) is 0.660. The minimum absolute atomic E-state index is 0.139. The van der Waals surface area contributed by atoms with E-state index in [2.05, 4.69) is 5.32 Å². The summed E-state index contributed by atoms with van der Waals surface area (Å²) in [5.41, 5.74) is 0.824. The Morgan fingerprint density at radius 3 is 2.45 bits per heavy atom. The Morgan fingerprint density at radius 1 is 1.18 bits per heavy atom. The molecule has 4 N–H and O–H groups in total. The second-order valence-corrected chi connectivity index (χ2v) is 5.93. The van der Waals surface area contributed by atoms with Crippen molar-refractivity contribution in [2.75, 3.05) is 13.2 Å². The van der Waals surface area contributed by atoms with Crippen molar-refractivity contribution in [3.8, 4) is 5.75 Å². The maximum Gasteiger partial charge on any atom is 0.115 e. The van der Waals surface area contributed by atoms with E-state index in [1.165, 1.54) is 0 Å². The Balaban J connectivity index is 2.08. The summed E-state index contributed by atoms with van der Waals surface area (Å²) in [6, 6.07) is 13.7. The van der Waals surface area contributed by atoms with Gasteiger partial charge in [0.2, 0.25) is 0 Å². The van der Waals surface area contributed by atoms with Gasteiger partial charge in [-0.25, -0.2) is 0 Å². The van der Waals surface area contributed by atoms with E-state index in [4.69, 9.17) is 11.6 Å². The van der Waals surface area contributed by atoms with Crippen LogP contribution in [-0.4, -0.2) is 28.5 Å². The smallest absolute Gasteiger partial charge is 0.115 e. The minimum atomic E-state index is -0.735. The fourth-order valence-corrected chi connectivity index (χ4v) is 2.43. The van der Waals surface area contributed by atoms with Gasteiger partial charge in [-0.3, -0.25) is 0 Å². The van der Waals surface area contributed by atoms with Crippen LogP contribution in [0.15, 0.2) is 48.5 Å². The Morgan fingerprint density at radius 2 is 1.86 bits per heavy atom. The van der Waals surface area contributed by atoms with Crippen LogP contribution in [0, 0.1) is 0 Å². The summed E-state index contributed by atoms with van der Waals surface area (Å²) in [7, 11) is 0. The lowest BCUT2D eigenvalue weighted by molar-refractivity contribution is 0.128. The predicted octanol–water partition coefficient (Wildman–Crippen LogP) is 2.58. The molecule has 2 aromatic rings. The van der Waals surface area contributed by atoms with E-state index in [1.807, 2.05) is 6.92 Å². The molecule has 2 rings (SSSR count). The Kier molecular flexibility index (Phi) is 5.42. The largest absolute Gasteiger partial charge is 0.508 e. The standard InChI is InChI=1S/C17H20ClNO3/c1-17(11-20,13-5-7-15(21)8-6-13)19-10-16(22)12-3-2-4-14(18)9-12/h2-9,16,19-22H,10-11H2,1H3/t16-,17-/m1/s1. The number of phenols is 1. The summed E-state index contributed by atoms with van der Waals surface area (Å²) in [5, 5.41) is 33.1. The number of halogens is 1. The molecule has 0 saturated carbocycles. The van der Waals surface area contributed by atoms with Crippen LogP contribution in [0.2, 0.25) is 5.02 Å². The first-order chi connectivity index (χ1) is 10.4. The van der Waals surface area contributed by atoms with Crippen molar-refractivity contribution in [3.63, 3.8) is 0 Å². The summed E-state index contributed by atoms with van der Waals surface area (Å²) >= 11 is 5.92. The second kappa shape index (κ2) is 7.11. The Hall–Kier alpha value is -1.59. The summed E-state index contributed by atoms with van der Waals surface area (Å²) in [5.74, 6) is 0.169. The van der Waals surface area contributed by atoms with Crippen LogP contribution in [0.5, 0.6) is 5.75 Å². The lowest BCUT2D eigenvalue weighted by Gasteiger charge is -2.30. The fraction of sp³-hybridized carbons (Fsp3) is 0.294. The highest BCUT2D eigenvalue weighted by molar-refractivity contribution is 6.30. The molecule has 0 heterocycles. The molecule has 22 heavy (non-hydrogen) atoms. The van der Waals surface area contributed by atoms with Crippen LogP contribution in [0.3, 0.4) is 0 Å². The summed E-state index contributed by atoms with van der Waals surface area (Å²) < 4.78 is 0. The molecule has 0 aromatic heterocycles. The van der Waals surface area contributed by atoms with E-state index >= 15 is 0 Å². The molecule has 2 aromatic carbocycles. The molecule has 2 atom stereocenters. The normalized spacial score (nSPS) is 15.3. The number of benzene rings is 2. The molecule has 0 amide bonds. The predicted molar refractivity (Wildman–Crippen MR) is 87.0 cm³/mol. The van der Waals surface area contributed by atoms with E-state index in [-0.39, 0.29) is 18.9 Å². The summed E-state index contributed by atoms with van der Waals surface area (Å²) in [4.78, 5) is 0. The molecule has 118 valence electrons. The van der Waals surface area contributed by atoms with Gasteiger partial charge in [0.25, 0.3) is 0 Å². The number of phenolic OH excluding ortho intramolecular Hbond substituents is 1. The maximum absolute atomic E-state index is 10.3. The highest BCUT2D eigenvalue weighted by atomic mass is 35.5. The lowest BCUT2D eigenvalue weighted by Crippen LogP contribution is -2.44. The molecular weight excluding hydrogens is 302 g/mol. The van der Waals surface area contributed by atoms with Crippen molar-refractivity contribution in [2.24, 2.45) is 0 Å². The van der Waals surface area contributed by atoms with Gasteiger partial charge >= 0.3 is 0 Å². The van der Waals surface area contributed by atoms with Crippen molar-refractivity contribution in [2.45, 2.75) is 18.6 Å². The fourth-order valence-electron chi connectivity index (χ4n) is 2.23. The highest BCUT2D eigenvalue weighted by Gasteiger charge is 2.26. The molecule has 0 saturated heterocycles. The Bertz CT molecular complexity index is 618. The molecule has 0 bridgehead atoms. The molecule has 0 aliphatic carbocycles. The zero-order chi connectivity index (χ0) is 16.2. The summed E-state index contributed by atoms with van der Waals surface area (Å²) in [6.07, 6.45) is -0.735. The number of hydrogen-bond acceptors (Lipinski definition) is 4. The third-order valence-corrected chi connectivity index (χ3v) is 3.97. The van der Waals surface area contributed by atoms with Crippen LogP contribution < -0.4 is 5.32 Å². The van der Waals surface area contributed by atoms with Crippen molar-refractivity contribution in [1.29, 1.82) is 0 Å². The maximum atomic E-state index is 10.3. The average molecular weight is 322 g/mol. The van der Waals surface area contributed by atoms with Gasteiger partial charge in [0.15, 0.2) is 0 Å². The monoisotopic (exact) mass is 321 g/mol. The van der Waals surface area contributed by atoms with Gasteiger partial charge in [-0.15, -0.1) is 0 Å². The molecule has 0 aliphatic rings. The van der Waals surface area contributed by atoms with E-state index in [1.54, 1.807) is 48.5 Å². The van der Waals surface area contributed by atoms with Gasteiger partial charge in [0, 0.05) is 11.6 Å². The molecule has 0 fully saturated rings. The van der Waals surface area contributed by atoms with Crippen molar-refractivity contribution in [3.05, 3.63) is 64.7 Å². The number of aromatic hydroxyl groups is 1. The van der Waals surface area contributed by atoms with Crippen LogP contribution >= 0.6 is 11.6 Å². The molecule has 0 aliphatic heterocycles.